The van der Waals surface area contributed by atoms with Crippen molar-refractivity contribution in [3.63, 3.8) is 0 Å². The maximum absolute atomic E-state index is 12.8. The minimum atomic E-state index is -0.330. The number of imidazole rings is 1. The lowest BCUT2D eigenvalue weighted by Gasteiger charge is -2.17. The van der Waals surface area contributed by atoms with Gasteiger partial charge in [0.25, 0.3) is 11.8 Å². The minimum Gasteiger partial charge on any atom is -0.495 e. The van der Waals surface area contributed by atoms with Gasteiger partial charge in [0.1, 0.15) is 5.75 Å². The normalized spacial score (nSPS) is 13.2. The van der Waals surface area contributed by atoms with Crippen LogP contribution in [0.1, 0.15) is 53.5 Å². The van der Waals surface area contributed by atoms with E-state index in [0.29, 0.717) is 29.5 Å². The van der Waals surface area contributed by atoms with Crippen molar-refractivity contribution in [2.75, 3.05) is 12.4 Å². The Morgan fingerprint density at radius 1 is 1.19 bits per heavy atom. The average Bonchev–Trinajstić information content (AvgIpc) is 3.01. The Hall–Kier alpha value is -2.83. The molecule has 0 saturated carbocycles. The first-order chi connectivity index (χ1) is 12.5. The van der Waals surface area contributed by atoms with E-state index >= 15 is 0 Å². The van der Waals surface area contributed by atoms with E-state index in [1.165, 1.54) is 0 Å². The van der Waals surface area contributed by atoms with Gasteiger partial charge in [-0.15, -0.1) is 0 Å². The summed E-state index contributed by atoms with van der Waals surface area (Å²) in [5.74, 6) is 0.300. The van der Waals surface area contributed by atoms with Gasteiger partial charge in [0.15, 0.2) is 11.5 Å². The average molecular weight is 356 g/mol. The summed E-state index contributed by atoms with van der Waals surface area (Å²) < 4.78 is 7.15. The molecule has 1 aliphatic rings. The van der Waals surface area contributed by atoms with E-state index in [-0.39, 0.29) is 17.9 Å². The van der Waals surface area contributed by atoms with E-state index in [1.54, 1.807) is 19.2 Å². The fourth-order valence-electron chi connectivity index (χ4n) is 3.15. The summed E-state index contributed by atoms with van der Waals surface area (Å²) in [5.41, 5.74) is 1.70. The van der Waals surface area contributed by atoms with E-state index in [1.807, 2.05) is 30.5 Å². The molecule has 0 spiro atoms. The molecule has 2 aromatic rings. The van der Waals surface area contributed by atoms with Crippen molar-refractivity contribution in [3.8, 4) is 5.75 Å². The molecular weight excluding hydrogens is 332 g/mol. The van der Waals surface area contributed by atoms with Gasteiger partial charge in [-0.25, -0.2) is 4.98 Å². The molecule has 0 aliphatic carbocycles. The first-order valence-electron chi connectivity index (χ1n) is 8.86. The zero-order valence-electron chi connectivity index (χ0n) is 15.3. The van der Waals surface area contributed by atoms with Crippen LogP contribution < -0.4 is 15.4 Å². The highest BCUT2D eigenvalue weighted by Crippen LogP contribution is 2.26. The lowest BCUT2D eigenvalue weighted by Crippen LogP contribution is -2.33. The summed E-state index contributed by atoms with van der Waals surface area (Å²) in [7, 11) is 1.55. The molecule has 1 aromatic heterocycles. The van der Waals surface area contributed by atoms with Crippen LogP contribution in [0.25, 0.3) is 0 Å². The lowest BCUT2D eigenvalue weighted by atomic mass is 10.1. The first kappa shape index (κ1) is 18.0. The number of rotatable bonds is 5. The van der Waals surface area contributed by atoms with Crippen LogP contribution in [0.15, 0.2) is 24.3 Å². The summed E-state index contributed by atoms with van der Waals surface area (Å²) in [6, 6.07) is 7.21. The van der Waals surface area contributed by atoms with Crippen molar-refractivity contribution in [1.29, 1.82) is 0 Å². The van der Waals surface area contributed by atoms with Gasteiger partial charge in [-0.3, -0.25) is 9.59 Å². The number of benzene rings is 1. The maximum atomic E-state index is 12.8. The smallest absolute Gasteiger partial charge is 0.287 e. The van der Waals surface area contributed by atoms with Crippen molar-refractivity contribution in [3.05, 3.63) is 41.5 Å². The SMILES string of the molecule is COc1ccccc1NC(=O)c1nc(C(=O)NC(C)C)n2c1CCCC2. The number of hydrogen-bond acceptors (Lipinski definition) is 4. The Kier molecular flexibility index (Phi) is 5.25. The number of nitrogens with zero attached hydrogens (tertiary/aromatic N) is 2. The van der Waals surface area contributed by atoms with Gasteiger partial charge in [0.2, 0.25) is 0 Å². The summed E-state index contributed by atoms with van der Waals surface area (Å²) in [6.45, 7) is 4.49. The molecule has 0 radical (unpaired) electrons. The van der Waals surface area contributed by atoms with E-state index in [4.69, 9.17) is 4.74 Å². The standard InChI is InChI=1S/C19H24N4O3/c1-12(2)20-19(25)17-22-16(14-9-6-7-11-23(14)17)18(24)21-13-8-4-5-10-15(13)26-3/h4-5,8,10,12H,6-7,9,11H2,1-3H3,(H,20,25)(H,21,24). The number of nitrogens with one attached hydrogen (secondary N) is 2. The number of carbonyl (C=O) groups excluding carboxylic acids is 2. The van der Waals surface area contributed by atoms with Crippen molar-refractivity contribution in [1.82, 2.24) is 14.9 Å². The zero-order chi connectivity index (χ0) is 18.7. The van der Waals surface area contributed by atoms with Gasteiger partial charge < -0.3 is 19.9 Å². The Morgan fingerprint density at radius 3 is 2.69 bits per heavy atom. The number of anilines is 1. The van der Waals surface area contributed by atoms with Crippen LogP contribution in [0, 0.1) is 0 Å². The van der Waals surface area contributed by atoms with Crippen LogP contribution in [0.4, 0.5) is 5.69 Å². The third-order valence-electron chi connectivity index (χ3n) is 4.31. The molecular formula is C19H24N4O3. The van der Waals surface area contributed by atoms with Crippen LogP contribution in [-0.4, -0.2) is 34.5 Å². The van der Waals surface area contributed by atoms with E-state index < -0.39 is 0 Å². The number of fused-ring (bicyclic) bond motifs is 1. The number of carbonyl (C=O) groups is 2. The predicted octanol–water partition coefficient (Wildman–Crippen LogP) is 2.62. The number of amides is 2. The van der Waals surface area contributed by atoms with Gasteiger partial charge >= 0.3 is 0 Å². The molecule has 1 aliphatic heterocycles. The zero-order valence-corrected chi connectivity index (χ0v) is 15.3. The monoisotopic (exact) mass is 356 g/mol. The number of methoxy groups -OCH3 is 1. The van der Waals surface area contributed by atoms with Crippen molar-refractivity contribution in [2.24, 2.45) is 0 Å². The number of para-hydroxylation sites is 2. The molecule has 2 amide bonds. The van der Waals surface area contributed by atoms with E-state index in [2.05, 4.69) is 15.6 Å². The molecule has 3 rings (SSSR count). The summed E-state index contributed by atoms with van der Waals surface area (Å²) in [5, 5.41) is 5.70. The van der Waals surface area contributed by atoms with Crippen molar-refractivity contribution in [2.45, 2.75) is 45.7 Å². The lowest BCUT2D eigenvalue weighted by molar-refractivity contribution is 0.0927. The van der Waals surface area contributed by atoms with Gasteiger partial charge in [0, 0.05) is 12.6 Å². The van der Waals surface area contributed by atoms with Gasteiger partial charge in [-0.05, 0) is 45.2 Å². The molecule has 0 saturated heterocycles. The van der Waals surface area contributed by atoms with Crippen LogP contribution in [-0.2, 0) is 13.0 Å². The molecule has 2 N–H and O–H groups in total. The van der Waals surface area contributed by atoms with E-state index in [0.717, 1.165) is 25.0 Å². The molecule has 26 heavy (non-hydrogen) atoms. The summed E-state index contributed by atoms with van der Waals surface area (Å²) in [6.07, 6.45) is 2.68. The number of aromatic nitrogens is 2. The fraction of sp³-hybridized carbons (Fsp3) is 0.421. The Morgan fingerprint density at radius 2 is 1.96 bits per heavy atom. The minimum absolute atomic E-state index is 0.00453. The summed E-state index contributed by atoms with van der Waals surface area (Å²) in [4.78, 5) is 29.7. The highest BCUT2D eigenvalue weighted by atomic mass is 16.5. The largest absolute Gasteiger partial charge is 0.495 e. The van der Waals surface area contributed by atoms with Gasteiger partial charge in [-0.2, -0.15) is 0 Å². The molecule has 7 nitrogen and oxygen atoms in total. The topological polar surface area (TPSA) is 85.2 Å². The van der Waals surface area contributed by atoms with E-state index in [9.17, 15) is 9.59 Å². The first-order valence-corrected chi connectivity index (χ1v) is 8.86. The van der Waals surface area contributed by atoms with Crippen molar-refractivity contribution < 1.29 is 14.3 Å². The third kappa shape index (κ3) is 3.56. The van der Waals surface area contributed by atoms with Crippen LogP contribution in [0.5, 0.6) is 5.75 Å². The Labute approximate surface area is 152 Å². The molecule has 2 heterocycles. The van der Waals surface area contributed by atoms with Crippen LogP contribution in [0.2, 0.25) is 0 Å². The Balaban J connectivity index is 1.93. The summed E-state index contributed by atoms with van der Waals surface area (Å²) >= 11 is 0. The molecule has 0 atom stereocenters. The second-order valence-corrected chi connectivity index (χ2v) is 6.62. The molecule has 0 unspecified atom stereocenters. The second-order valence-electron chi connectivity index (χ2n) is 6.62. The highest BCUT2D eigenvalue weighted by Gasteiger charge is 2.28. The quantitative estimate of drug-likeness (QED) is 0.862. The maximum Gasteiger partial charge on any atom is 0.287 e. The number of ether oxygens (including phenoxy) is 1. The van der Waals surface area contributed by atoms with Crippen LogP contribution in [0.3, 0.4) is 0 Å². The Bertz CT molecular complexity index is 826. The molecule has 7 heteroatoms. The third-order valence-corrected chi connectivity index (χ3v) is 4.31. The molecule has 0 fully saturated rings. The molecule has 0 bridgehead atoms. The fourth-order valence-corrected chi connectivity index (χ4v) is 3.15. The van der Waals surface area contributed by atoms with Crippen molar-refractivity contribution >= 4 is 17.5 Å². The van der Waals surface area contributed by atoms with Gasteiger partial charge in [0.05, 0.1) is 18.5 Å². The van der Waals surface area contributed by atoms with Crippen LogP contribution >= 0.6 is 0 Å². The molecule has 138 valence electrons. The van der Waals surface area contributed by atoms with Gasteiger partial charge in [-0.1, -0.05) is 12.1 Å². The predicted molar refractivity (Wildman–Crippen MR) is 98.7 cm³/mol. The number of hydrogen-bond donors (Lipinski definition) is 2. The highest BCUT2D eigenvalue weighted by molar-refractivity contribution is 6.05. The molecule has 1 aromatic carbocycles. The second kappa shape index (κ2) is 7.59.